The summed E-state index contributed by atoms with van der Waals surface area (Å²) in [6.45, 7) is 0. The molecule has 1 aliphatic carbocycles. The number of amides is 3. The summed E-state index contributed by atoms with van der Waals surface area (Å²) >= 11 is 0. The van der Waals surface area contributed by atoms with Crippen molar-refractivity contribution in [1.29, 1.82) is 0 Å². The number of aromatic nitrogens is 4. The smallest absolute Gasteiger partial charge is 0.321 e. The van der Waals surface area contributed by atoms with Crippen molar-refractivity contribution in [3.05, 3.63) is 119 Å². The number of carbonyl (C=O) groups is 3. The molecule has 3 aromatic carbocycles. The van der Waals surface area contributed by atoms with E-state index in [2.05, 4.69) is 21.7 Å². The van der Waals surface area contributed by atoms with Crippen LogP contribution in [0.2, 0.25) is 0 Å². The Balaban J connectivity index is 1.22. The fourth-order valence-corrected chi connectivity index (χ4v) is 6.04. The predicted octanol–water partition coefficient (Wildman–Crippen LogP) is 6.06. The second kappa shape index (κ2) is 12.4. The lowest BCUT2D eigenvalue weighted by molar-refractivity contribution is 0.0936. The number of nitrogens with one attached hydrogen (secondary N) is 2. The molecule has 0 saturated heterocycles. The molecule has 11 heteroatoms. The molecule has 3 heterocycles. The van der Waals surface area contributed by atoms with Crippen molar-refractivity contribution in [2.45, 2.75) is 18.9 Å². The summed E-state index contributed by atoms with van der Waals surface area (Å²) in [4.78, 5) is 52.9. The molecule has 3 amide bonds. The maximum atomic E-state index is 13.3. The number of hydrogen-bond donors (Lipinski definition) is 3. The van der Waals surface area contributed by atoms with Gasteiger partial charge in [0.1, 0.15) is 11.3 Å². The number of nitrogen functional groups attached to an aromatic ring is 1. The largest absolute Gasteiger partial charge is 0.383 e. The van der Waals surface area contributed by atoms with Gasteiger partial charge in [-0.1, -0.05) is 36.4 Å². The summed E-state index contributed by atoms with van der Waals surface area (Å²) in [6.07, 6.45) is 3.74. The van der Waals surface area contributed by atoms with Crippen LogP contribution in [0.4, 0.5) is 16.3 Å². The van der Waals surface area contributed by atoms with Gasteiger partial charge in [0, 0.05) is 42.7 Å². The Kier molecular flexibility index (Phi) is 7.85. The van der Waals surface area contributed by atoms with Crippen molar-refractivity contribution in [3.8, 4) is 28.3 Å². The molecule has 238 valence electrons. The van der Waals surface area contributed by atoms with Gasteiger partial charge in [-0.05, 0) is 78.6 Å². The zero-order chi connectivity index (χ0) is 33.4. The third-order valence-electron chi connectivity index (χ3n) is 8.51. The molecule has 0 radical (unpaired) electrons. The molecule has 6 aromatic rings. The molecule has 0 unspecified atom stereocenters. The lowest BCUT2D eigenvalue weighted by Crippen LogP contribution is -2.28. The average molecular weight is 637 g/mol. The van der Waals surface area contributed by atoms with Crippen LogP contribution in [-0.4, -0.2) is 56.7 Å². The molecular weight excluding hydrogens is 604 g/mol. The number of benzene rings is 3. The summed E-state index contributed by atoms with van der Waals surface area (Å²) in [5.74, 6) is 0.692. The van der Waals surface area contributed by atoms with E-state index in [4.69, 9.17) is 15.7 Å². The average Bonchev–Trinajstić information content (AvgIpc) is 3.69. The molecule has 0 spiro atoms. The topological polar surface area (TPSA) is 148 Å². The van der Waals surface area contributed by atoms with Crippen molar-refractivity contribution in [3.63, 3.8) is 0 Å². The number of aldehydes is 1. The quantitative estimate of drug-likeness (QED) is 0.181. The van der Waals surface area contributed by atoms with Crippen molar-refractivity contribution in [2.75, 3.05) is 25.1 Å². The first kappa shape index (κ1) is 30.3. The van der Waals surface area contributed by atoms with Crippen molar-refractivity contribution >= 4 is 40.9 Å². The number of hydrogen-bond acceptors (Lipinski definition) is 7. The third-order valence-corrected chi connectivity index (χ3v) is 8.51. The highest BCUT2D eigenvalue weighted by Crippen LogP contribution is 2.36. The first-order valence-electron chi connectivity index (χ1n) is 15.5. The maximum absolute atomic E-state index is 13.3. The van der Waals surface area contributed by atoms with E-state index in [-0.39, 0.29) is 23.5 Å². The number of nitrogens with two attached hydrogens (primary N) is 1. The summed E-state index contributed by atoms with van der Waals surface area (Å²) in [6, 6.07) is 27.9. The molecule has 3 aromatic heterocycles. The summed E-state index contributed by atoms with van der Waals surface area (Å²) in [5, 5.41) is 5.80. The third kappa shape index (κ3) is 5.62. The van der Waals surface area contributed by atoms with Gasteiger partial charge in [0.25, 0.3) is 5.91 Å². The number of pyridine rings is 2. The van der Waals surface area contributed by atoms with E-state index in [1.54, 1.807) is 32.4 Å². The molecule has 0 fully saturated rings. The fraction of sp³-hybridized carbons (Fsp3) is 0.135. The molecule has 7 rings (SSSR count). The van der Waals surface area contributed by atoms with E-state index in [1.807, 2.05) is 71.3 Å². The van der Waals surface area contributed by atoms with E-state index in [0.29, 0.717) is 46.8 Å². The van der Waals surface area contributed by atoms with Crippen LogP contribution in [0.25, 0.3) is 39.5 Å². The van der Waals surface area contributed by atoms with Gasteiger partial charge in [-0.25, -0.2) is 19.7 Å². The molecular formula is C37H32N8O3. The van der Waals surface area contributed by atoms with Crippen LogP contribution in [-0.2, 0) is 6.42 Å². The lowest BCUT2D eigenvalue weighted by atomic mass is 10.1. The number of urea groups is 1. The molecule has 0 aliphatic heterocycles. The molecule has 48 heavy (non-hydrogen) atoms. The van der Waals surface area contributed by atoms with Gasteiger partial charge in [-0.2, -0.15) is 0 Å². The van der Waals surface area contributed by atoms with Crippen molar-refractivity contribution in [1.82, 2.24) is 29.7 Å². The van der Waals surface area contributed by atoms with Gasteiger partial charge in [0.15, 0.2) is 17.8 Å². The number of anilines is 2. The van der Waals surface area contributed by atoms with Gasteiger partial charge in [-0.15, -0.1) is 0 Å². The van der Waals surface area contributed by atoms with Gasteiger partial charge in [-0.3, -0.25) is 14.2 Å². The second-order valence-electron chi connectivity index (χ2n) is 11.8. The normalized spacial score (nSPS) is 13.6. The SMILES string of the molecule is CN(C)C(=O)Nc1ccc(C(=O)N[C@H]2CCc3cc(-n4c(-c5cccnc5N)nc5ccc(-c6ccccc6)nc54)ccc32)cc1C=O. The van der Waals surface area contributed by atoms with Gasteiger partial charge < -0.3 is 21.3 Å². The molecule has 0 saturated carbocycles. The van der Waals surface area contributed by atoms with Crippen LogP contribution in [0.15, 0.2) is 97.2 Å². The Morgan fingerprint density at radius 3 is 2.56 bits per heavy atom. The van der Waals surface area contributed by atoms with Gasteiger partial charge in [0.05, 0.1) is 23.0 Å². The van der Waals surface area contributed by atoms with Crippen molar-refractivity contribution in [2.24, 2.45) is 0 Å². The van der Waals surface area contributed by atoms with Crippen LogP contribution in [0.3, 0.4) is 0 Å². The minimum absolute atomic E-state index is 0.217. The first-order chi connectivity index (χ1) is 23.3. The Morgan fingerprint density at radius 1 is 0.958 bits per heavy atom. The number of carbonyl (C=O) groups excluding carboxylic acids is 3. The molecule has 1 atom stereocenters. The molecule has 1 aliphatic rings. The fourth-order valence-electron chi connectivity index (χ4n) is 6.04. The minimum atomic E-state index is -0.371. The van der Waals surface area contributed by atoms with E-state index in [9.17, 15) is 14.4 Å². The second-order valence-corrected chi connectivity index (χ2v) is 11.8. The number of nitrogens with zero attached hydrogens (tertiary/aromatic N) is 5. The van der Waals surface area contributed by atoms with Crippen LogP contribution in [0.5, 0.6) is 0 Å². The highest BCUT2D eigenvalue weighted by Gasteiger charge is 2.27. The Morgan fingerprint density at radius 2 is 1.79 bits per heavy atom. The zero-order valence-corrected chi connectivity index (χ0v) is 26.3. The van der Waals surface area contributed by atoms with Gasteiger partial charge >= 0.3 is 6.03 Å². The van der Waals surface area contributed by atoms with Crippen LogP contribution in [0.1, 0.15) is 44.3 Å². The minimum Gasteiger partial charge on any atom is -0.383 e. The standard InChI is InChI=1S/C37H32N8O3/c1-44(2)37(48)43-30-14-11-24(19-25(30)21-46)36(47)42-31-15-10-23-20-26(12-13-27(23)31)45-34(28-9-6-18-39-33(28)38)41-32-17-16-29(40-35(32)45)22-7-4-3-5-8-22/h3-9,11-14,16-21,31H,10,15H2,1-2H3,(H2,38,39)(H,42,47)(H,43,48)/t31-/m0/s1. The zero-order valence-electron chi connectivity index (χ0n) is 26.3. The number of imidazole rings is 1. The van der Waals surface area contributed by atoms with E-state index in [0.717, 1.165) is 40.0 Å². The van der Waals surface area contributed by atoms with E-state index < -0.39 is 0 Å². The highest BCUT2D eigenvalue weighted by atomic mass is 16.2. The Bertz CT molecular complexity index is 2210. The van der Waals surface area contributed by atoms with Gasteiger partial charge in [0.2, 0.25) is 0 Å². The van der Waals surface area contributed by atoms with Crippen LogP contribution in [0, 0.1) is 0 Å². The van der Waals surface area contributed by atoms with Crippen LogP contribution >= 0.6 is 0 Å². The van der Waals surface area contributed by atoms with Crippen LogP contribution < -0.4 is 16.4 Å². The molecule has 0 bridgehead atoms. The van der Waals surface area contributed by atoms with E-state index in [1.165, 1.54) is 11.0 Å². The van der Waals surface area contributed by atoms with Crippen molar-refractivity contribution < 1.29 is 14.4 Å². The Hall–Kier alpha value is -6.36. The molecule has 11 nitrogen and oxygen atoms in total. The predicted molar refractivity (Wildman–Crippen MR) is 185 cm³/mol. The Labute approximate surface area is 276 Å². The monoisotopic (exact) mass is 636 g/mol. The molecule has 4 N–H and O–H groups in total. The van der Waals surface area contributed by atoms with E-state index >= 15 is 0 Å². The first-order valence-corrected chi connectivity index (χ1v) is 15.5. The summed E-state index contributed by atoms with van der Waals surface area (Å²) < 4.78 is 2.01. The number of rotatable bonds is 7. The highest BCUT2D eigenvalue weighted by molar-refractivity contribution is 6.00. The lowest BCUT2D eigenvalue weighted by Gasteiger charge is -2.17. The number of fused-ring (bicyclic) bond motifs is 2. The summed E-state index contributed by atoms with van der Waals surface area (Å²) in [7, 11) is 3.21. The summed E-state index contributed by atoms with van der Waals surface area (Å²) in [5.41, 5.74) is 14.1. The maximum Gasteiger partial charge on any atom is 0.321 e. The number of aryl methyl sites for hydroxylation is 1.